The fourth-order valence-electron chi connectivity index (χ4n) is 1.90. The van der Waals surface area contributed by atoms with Gasteiger partial charge in [-0.05, 0) is 51.7 Å². The summed E-state index contributed by atoms with van der Waals surface area (Å²) in [6.07, 6.45) is 1.93. The molecule has 2 N–H and O–H groups in total. The number of hydrogen-bond acceptors (Lipinski definition) is 3. The van der Waals surface area contributed by atoms with Crippen molar-refractivity contribution in [3.63, 3.8) is 0 Å². The van der Waals surface area contributed by atoms with Gasteiger partial charge in [-0.3, -0.25) is 0 Å². The second-order valence-electron chi connectivity index (χ2n) is 5.92. The number of benzene rings is 1. The number of para-hydroxylation sites is 1. The van der Waals surface area contributed by atoms with Crippen LogP contribution in [0.25, 0.3) is 0 Å². The predicted molar refractivity (Wildman–Crippen MR) is 79.9 cm³/mol. The first-order valence-corrected chi connectivity index (χ1v) is 7.08. The summed E-state index contributed by atoms with van der Waals surface area (Å²) in [5, 5.41) is 12.6. The molecule has 0 fully saturated rings. The fraction of sp³-hybridized carbons (Fsp3) is 0.562. The Hall–Kier alpha value is -1.71. The van der Waals surface area contributed by atoms with Crippen LogP contribution >= 0.6 is 0 Å². The average molecular weight is 279 g/mol. The molecule has 0 spiro atoms. The number of aryl methyl sites for hydroxylation is 1. The Balaban J connectivity index is 2.48. The van der Waals surface area contributed by atoms with Gasteiger partial charge in [0.1, 0.15) is 11.4 Å². The van der Waals surface area contributed by atoms with Gasteiger partial charge in [0.15, 0.2) is 0 Å². The number of aromatic hydroxyl groups is 1. The van der Waals surface area contributed by atoms with E-state index in [0.717, 1.165) is 24.8 Å². The highest BCUT2D eigenvalue weighted by Gasteiger charge is 2.18. The number of phenols is 1. The fourth-order valence-corrected chi connectivity index (χ4v) is 1.90. The highest BCUT2D eigenvalue weighted by atomic mass is 16.6. The Bertz CT molecular complexity index is 438. The molecule has 1 atom stereocenters. The van der Waals surface area contributed by atoms with Gasteiger partial charge in [0.2, 0.25) is 0 Å². The first-order valence-electron chi connectivity index (χ1n) is 7.08. The molecule has 112 valence electrons. The number of carbonyl (C=O) groups excluding carboxylic acids is 1. The zero-order valence-corrected chi connectivity index (χ0v) is 12.8. The van der Waals surface area contributed by atoms with E-state index in [1.54, 1.807) is 12.1 Å². The molecule has 0 unspecified atom stereocenters. The van der Waals surface area contributed by atoms with Crippen molar-refractivity contribution in [2.45, 2.75) is 58.6 Å². The van der Waals surface area contributed by atoms with Crippen LogP contribution < -0.4 is 5.32 Å². The third-order valence-corrected chi connectivity index (χ3v) is 2.97. The van der Waals surface area contributed by atoms with Gasteiger partial charge in [0.05, 0.1) is 0 Å². The second kappa shape index (κ2) is 7.17. The van der Waals surface area contributed by atoms with E-state index in [2.05, 4.69) is 5.32 Å². The highest BCUT2D eigenvalue weighted by molar-refractivity contribution is 5.68. The molecule has 1 aromatic carbocycles. The Morgan fingerprint density at radius 1 is 1.35 bits per heavy atom. The molecule has 0 aromatic heterocycles. The van der Waals surface area contributed by atoms with Crippen LogP contribution in [0.2, 0.25) is 0 Å². The molecule has 0 bridgehead atoms. The molecule has 1 aromatic rings. The van der Waals surface area contributed by atoms with Crippen molar-refractivity contribution in [3.8, 4) is 5.75 Å². The van der Waals surface area contributed by atoms with Gasteiger partial charge in [0, 0.05) is 6.04 Å². The minimum atomic E-state index is -0.486. The van der Waals surface area contributed by atoms with Gasteiger partial charge in [-0.25, -0.2) is 4.79 Å². The minimum Gasteiger partial charge on any atom is -0.508 e. The van der Waals surface area contributed by atoms with Crippen LogP contribution in [0.4, 0.5) is 4.79 Å². The first kappa shape index (κ1) is 16.3. The number of hydrogen-bond donors (Lipinski definition) is 2. The quantitative estimate of drug-likeness (QED) is 0.865. The van der Waals surface area contributed by atoms with Crippen LogP contribution in [-0.2, 0) is 11.2 Å². The molecule has 4 heteroatoms. The van der Waals surface area contributed by atoms with Crippen LogP contribution in [-0.4, -0.2) is 22.8 Å². The largest absolute Gasteiger partial charge is 0.508 e. The molecule has 0 heterocycles. The normalized spacial score (nSPS) is 12.8. The van der Waals surface area contributed by atoms with E-state index in [1.165, 1.54) is 0 Å². The maximum absolute atomic E-state index is 11.7. The topological polar surface area (TPSA) is 58.6 Å². The number of alkyl carbamates (subject to hydrolysis) is 1. The summed E-state index contributed by atoms with van der Waals surface area (Å²) in [7, 11) is 0. The highest BCUT2D eigenvalue weighted by Crippen LogP contribution is 2.18. The third-order valence-electron chi connectivity index (χ3n) is 2.97. The molecule has 0 aliphatic carbocycles. The number of rotatable bonds is 5. The number of phenolic OH excluding ortho intramolecular Hbond substituents is 1. The summed E-state index contributed by atoms with van der Waals surface area (Å²) >= 11 is 0. The van der Waals surface area contributed by atoms with Crippen LogP contribution in [0.1, 0.15) is 46.1 Å². The smallest absolute Gasteiger partial charge is 0.407 e. The number of amides is 1. The molecular weight excluding hydrogens is 254 g/mol. The molecule has 4 nitrogen and oxygen atoms in total. The van der Waals surface area contributed by atoms with Gasteiger partial charge >= 0.3 is 6.09 Å². The molecule has 0 saturated heterocycles. The Kier molecular flexibility index (Phi) is 5.86. The van der Waals surface area contributed by atoms with Crippen LogP contribution in [0.15, 0.2) is 24.3 Å². The second-order valence-corrected chi connectivity index (χ2v) is 5.92. The SMILES string of the molecule is CC[C@H](CCc1ccccc1O)NC(=O)OC(C)(C)C. The monoisotopic (exact) mass is 279 g/mol. The van der Waals surface area contributed by atoms with Crippen molar-refractivity contribution in [1.82, 2.24) is 5.32 Å². The predicted octanol–water partition coefficient (Wildman–Crippen LogP) is 3.63. The zero-order valence-electron chi connectivity index (χ0n) is 12.8. The van der Waals surface area contributed by atoms with E-state index in [0.29, 0.717) is 5.75 Å². The van der Waals surface area contributed by atoms with E-state index >= 15 is 0 Å². The molecule has 0 radical (unpaired) electrons. The van der Waals surface area contributed by atoms with Crippen molar-refractivity contribution in [2.24, 2.45) is 0 Å². The van der Waals surface area contributed by atoms with Crippen LogP contribution in [0.3, 0.4) is 0 Å². The molecule has 20 heavy (non-hydrogen) atoms. The number of nitrogens with one attached hydrogen (secondary N) is 1. The lowest BCUT2D eigenvalue weighted by molar-refractivity contribution is 0.0500. The van der Waals surface area contributed by atoms with E-state index < -0.39 is 5.60 Å². The van der Waals surface area contributed by atoms with E-state index in [-0.39, 0.29) is 12.1 Å². The van der Waals surface area contributed by atoms with Crippen molar-refractivity contribution < 1.29 is 14.6 Å². The molecule has 1 rings (SSSR count). The minimum absolute atomic E-state index is 0.0458. The van der Waals surface area contributed by atoms with Gasteiger partial charge < -0.3 is 15.2 Å². The Morgan fingerprint density at radius 2 is 2.00 bits per heavy atom. The van der Waals surface area contributed by atoms with E-state index in [4.69, 9.17) is 4.74 Å². The maximum Gasteiger partial charge on any atom is 0.407 e. The molecule has 0 aliphatic rings. The third kappa shape index (κ3) is 5.95. The molecule has 1 amide bonds. The van der Waals surface area contributed by atoms with Crippen molar-refractivity contribution in [2.75, 3.05) is 0 Å². The number of carbonyl (C=O) groups is 1. The lowest BCUT2D eigenvalue weighted by Gasteiger charge is -2.23. The standard InChI is InChI=1S/C16H25NO3/c1-5-13(17-15(19)20-16(2,3)4)11-10-12-8-6-7-9-14(12)18/h6-9,13,18H,5,10-11H2,1-4H3,(H,17,19)/t13-/m1/s1. The average Bonchev–Trinajstić information content (AvgIpc) is 2.34. The van der Waals surface area contributed by atoms with Crippen molar-refractivity contribution in [3.05, 3.63) is 29.8 Å². The summed E-state index contributed by atoms with van der Waals surface area (Å²) in [5.74, 6) is 0.305. The van der Waals surface area contributed by atoms with Gasteiger partial charge in [-0.2, -0.15) is 0 Å². The van der Waals surface area contributed by atoms with Crippen LogP contribution in [0.5, 0.6) is 5.75 Å². The zero-order chi connectivity index (χ0) is 15.2. The summed E-state index contributed by atoms with van der Waals surface area (Å²) in [4.78, 5) is 11.7. The Labute approximate surface area is 121 Å². The molecular formula is C16H25NO3. The number of ether oxygens (including phenoxy) is 1. The Morgan fingerprint density at radius 3 is 2.55 bits per heavy atom. The van der Waals surface area contributed by atoms with Gasteiger partial charge in [-0.1, -0.05) is 25.1 Å². The van der Waals surface area contributed by atoms with Gasteiger partial charge in [-0.15, -0.1) is 0 Å². The van der Waals surface area contributed by atoms with Gasteiger partial charge in [0.25, 0.3) is 0 Å². The summed E-state index contributed by atoms with van der Waals surface area (Å²) in [5.41, 5.74) is 0.414. The summed E-state index contributed by atoms with van der Waals surface area (Å²) in [6, 6.07) is 7.32. The van der Waals surface area contributed by atoms with Crippen molar-refractivity contribution >= 4 is 6.09 Å². The lowest BCUT2D eigenvalue weighted by atomic mass is 10.0. The molecule has 0 aliphatic heterocycles. The summed E-state index contributed by atoms with van der Waals surface area (Å²) < 4.78 is 5.25. The van der Waals surface area contributed by atoms with Crippen LogP contribution in [0, 0.1) is 0 Å². The maximum atomic E-state index is 11.7. The first-order chi connectivity index (χ1) is 9.31. The van der Waals surface area contributed by atoms with E-state index in [1.807, 2.05) is 39.8 Å². The van der Waals surface area contributed by atoms with E-state index in [9.17, 15) is 9.90 Å². The molecule has 0 saturated carbocycles. The van der Waals surface area contributed by atoms with Crippen molar-refractivity contribution in [1.29, 1.82) is 0 Å². The summed E-state index contributed by atoms with van der Waals surface area (Å²) in [6.45, 7) is 7.55. The lowest BCUT2D eigenvalue weighted by Crippen LogP contribution is -2.39.